The van der Waals surface area contributed by atoms with Gasteiger partial charge in [-0.05, 0) is 35.7 Å². The Kier molecular flexibility index (Phi) is 8.71. The average molecular weight is 568 g/mol. The van der Waals surface area contributed by atoms with Crippen molar-refractivity contribution in [1.82, 2.24) is 9.55 Å². The molecule has 2 unspecified atom stereocenters. The average Bonchev–Trinajstić information content (AvgIpc) is 3.38. The summed E-state index contributed by atoms with van der Waals surface area (Å²) in [6.45, 7) is 2.09. The summed E-state index contributed by atoms with van der Waals surface area (Å²) in [5.74, 6) is 6.00. The molecule has 0 bridgehead atoms. The maximum Gasteiger partial charge on any atom is 0.330 e. The highest BCUT2D eigenvalue weighted by atomic mass is 16.6. The van der Waals surface area contributed by atoms with Crippen molar-refractivity contribution in [1.29, 1.82) is 0 Å². The second kappa shape index (κ2) is 12.6. The van der Waals surface area contributed by atoms with E-state index in [0.717, 1.165) is 22.3 Å². The fourth-order valence-electron chi connectivity index (χ4n) is 5.21. The van der Waals surface area contributed by atoms with Crippen molar-refractivity contribution in [2.45, 2.75) is 37.4 Å². The molecule has 0 saturated carbocycles. The van der Waals surface area contributed by atoms with Crippen LogP contribution in [0.5, 0.6) is 5.75 Å². The van der Waals surface area contributed by atoms with Gasteiger partial charge in [0.2, 0.25) is 0 Å². The van der Waals surface area contributed by atoms with E-state index in [1.165, 1.54) is 10.8 Å². The van der Waals surface area contributed by atoms with Crippen molar-refractivity contribution in [3.05, 3.63) is 134 Å². The zero-order chi connectivity index (χ0) is 29.7. The van der Waals surface area contributed by atoms with Crippen LogP contribution in [0.4, 0.5) is 0 Å². The van der Waals surface area contributed by atoms with E-state index in [4.69, 9.17) is 19.9 Å². The van der Waals surface area contributed by atoms with Gasteiger partial charge in [0.05, 0.1) is 26.4 Å². The van der Waals surface area contributed by atoms with Crippen molar-refractivity contribution < 1.29 is 19.3 Å². The second-order valence-corrected chi connectivity index (χ2v) is 10.1. The number of aliphatic hydroxyl groups is 1. The Balaban J connectivity index is 1.51. The van der Waals surface area contributed by atoms with Crippen LogP contribution in [0, 0.1) is 18.8 Å². The van der Waals surface area contributed by atoms with Crippen LogP contribution in [0.2, 0.25) is 0 Å². The summed E-state index contributed by atoms with van der Waals surface area (Å²) in [6.07, 6.45) is -1.07. The van der Waals surface area contributed by atoms with E-state index in [-0.39, 0.29) is 25.1 Å². The number of aromatic nitrogens is 2. The Hall–Kier alpha value is -4.46. The summed E-state index contributed by atoms with van der Waals surface area (Å²) >= 11 is 0. The number of benzene rings is 3. The van der Waals surface area contributed by atoms with Gasteiger partial charge in [0.1, 0.15) is 29.2 Å². The van der Waals surface area contributed by atoms with Gasteiger partial charge >= 0.3 is 5.69 Å². The molecule has 1 aromatic heterocycles. The summed E-state index contributed by atoms with van der Waals surface area (Å²) in [5.41, 5.74) is 6.96. The fourth-order valence-corrected chi connectivity index (χ4v) is 5.21. The van der Waals surface area contributed by atoms with Crippen LogP contribution >= 0.6 is 0 Å². The van der Waals surface area contributed by atoms with E-state index < -0.39 is 35.3 Å². The third-order valence-electron chi connectivity index (χ3n) is 7.41. The lowest BCUT2D eigenvalue weighted by Gasteiger charge is -2.37. The summed E-state index contributed by atoms with van der Waals surface area (Å²) in [7, 11) is 1.62. The summed E-state index contributed by atoms with van der Waals surface area (Å²) in [4.78, 5) is 27.1. The number of aromatic amines is 1. The zero-order valence-corrected chi connectivity index (χ0v) is 23.4. The number of rotatable bonds is 8. The number of aryl methyl sites for hydroxylation is 1. The molecular weight excluding hydrogens is 534 g/mol. The molecule has 1 saturated heterocycles. The molecule has 4 atom stereocenters. The number of ether oxygens (including phenoxy) is 3. The first kappa shape index (κ1) is 29.0. The highest BCUT2D eigenvalue weighted by Crippen LogP contribution is 2.42. The summed E-state index contributed by atoms with van der Waals surface area (Å²) in [6, 6.07) is 25.7. The Morgan fingerprint density at radius 3 is 2.31 bits per heavy atom. The summed E-state index contributed by atoms with van der Waals surface area (Å²) in [5, 5.41) is 11.0. The van der Waals surface area contributed by atoms with Crippen LogP contribution in [0.25, 0.3) is 0 Å². The van der Waals surface area contributed by atoms with Crippen molar-refractivity contribution in [3.63, 3.8) is 0 Å². The molecule has 0 spiro atoms. The third kappa shape index (κ3) is 5.79. The van der Waals surface area contributed by atoms with Crippen LogP contribution in [0.15, 0.2) is 94.6 Å². The van der Waals surface area contributed by atoms with Crippen LogP contribution in [0.3, 0.4) is 0 Å². The first-order valence-corrected chi connectivity index (χ1v) is 13.6. The number of methoxy groups -OCH3 is 1. The van der Waals surface area contributed by atoms with Gasteiger partial charge in [0, 0.05) is 12.6 Å². The van der Waals surface area contributed by atoms with E-state index in [9.17, 15) is 14.7 Å². The third-order valence-corrected chi connectivity index (χ3v) is 7.41. The number of H-pyrrole nitrogens is 1. The van der Waals surface area contributed by atoms with Gasteiger partial charge in [-0.15, -0.1) is 0 Å². The Bertz CT molecular complexity index is 1690. The molecule has 0 aliphatic carbocycles. The number of hydrogen-bond donors (Lipinski definition) is 3. The number of hydrogen-bond acceptors (Lipinski definition) is 7. The smallest absolute Gasteiger partial charge is 0.330 e. The Morgan fingerprint density at radius 2 is 1.67 bits per heavy atom. The molecule has 1 aliphatic heterocycles. The van der Waals surface area contributed by atoms with Crippen molar-refractivity contribution in [3.8, 4) is 17.6 Å². The van der Waals surface area contributed by atoms with Crippen molar-refractivity contribution in [2.24, 2.45) is 5.73 Å². The molecule has 4 aromatic rings. The summed E-state index contributed by atoms with van der Waals surface area (Å²) < 4.78 is 19.7. The lowest BCUT2D eigenvalue weighted by atomic mass is 9.79. The van der Waals surface area contributed by atoms with Gasteiger partial charge in [0.25, 0.3) is 5.56 Å². The molecule has 2 heterocycles. The molecule has 9 nitrogen and oxygen atoms in total. The highest BCUT2D eigenvalue weighted by Gasteiger charge is 2.42. The van der Waals surface area contributed by atoms with E-state index in [2.05, 4.69) is 16.8 Å². The second-order valence-electron chi connectivity index (χ2n) is 10.1. The normalized spacial score (nSPS) is 19.5. The van der Waals surface area contributed by atoms with Gasteiger partial charge in [-0.2, -0.15) is 0 Å². The Morgan fingerprint density at radius 1 is 1.02 bits per heavy atom. The number of nitrogens with one attached hydrogen (secondary N) is 1. The van der Waals surface area contributed by atoms with E-state index in [1.54, 1.807) is 7.11 Å². The molecule has 0 radical (unpaired) electrons. The van der Waals surface area contributed by atoms with Gasteiger partial charge in [-0.1, -0.05) is 84.1 Å². The molecule has 3 aromatic carbocycles. The van der Waals surface area contributed by atoms with Crippen molar-refractivity contribution in [2.75, 3.05) is 20.3 Å². The molecule has 1 aliphatic rings. The molecule has 216 valence electrons. The lowest BCUT2D eigenvalue weighted by molar-refractivity contribution is -0.0944. The van der Waals surface area contributed by atoms with Gasteiger partial charge in [0.15, 0.2) is 0 Å². The van der Waals surface area contributed by atoms with E-state index in [0.29, 0.717) is 5.75 Å². The molecule has 0 amide bonds. The van der Waals surface area contributed by atoms with Gasteiger partial charge < -0.3 is 25.1 Å². The molecule has 42 heavy (non-hydrogen) atoms. The molecule has 5 rings (SSSR count). The van der Waals surface area contributed by atoms with Crippen LogP contribution in [-0.4, -0.2) is 47.1 Å². The Labute approximate surface area is 243 Å². The highest BCUT2D eigenvalue weighted by molar-refractivity contribution is 5.49. The molecular formula is C33H33N3O6. The standard InChI is InChI=1S/C33H33N3O6/c1-22-10-12-25(13-11-22)33(24-8-4-3-5-9-24,26-14-16-27(40-2)17-15-26)41-21-29-28(37)19-30(42-29)36-20-23(7-6-18-34)31(38)35-32(36)39/h3-5,8-17,20,28-30,37H,18-19,21,34H2,1-2H3,(H,35,38,39)/t28?,29-,30-,33?/m1/s1. The van der Waals surface area contributed by atoms with Crippen LogP contribution < -0.4 is 21.7 Å². The molecule has 9 heteroatoms. The molecule has 1 fully saturated rings. The van der Waals surface area contributed by atoms with Gasteiger partial charge in [-0.3, -0.25) is 14.3 Å². The first-order valence-electron chi connectivity index (χ1n) is 13.6. The van der Waals surface area contributed by atoms with Crippen LogP contribution in [0.1, 0.15) is 40.5 Å². The largest absolute Gasteiger partial charge is 0.497 e. The predicted octanol–water partition coefficient (Wildman–Crippen LogP) is 2.82. The van der Waals surface area contributed by atoms with Crippen LogP contribution in [-0.2, 0) is 15.1 Å². The zero-order valence-electron chi connectivity index (χ0n) is 23.4. The topological polar surface area (TPSA) is 129 Å². The molecule has 4 N–H and O–H groups in total. The predicted molar refractivity (Wildman–Crippen MR) is 158 cm³/mol. The minimum absolute atomic E-state index is 0.00437. The minimum atomic E-state index is -1.05. The van der Waals surface area contributed by atoms with E-state index >= 15 is 0 Å². The van der Waals surface area contributed by atoms with Crippen molar-refractivity contribution >= 4 is 0 Å². The quantitative estimate of drug-likeness (QED) is 0.221. The SMILES string of the molecule is COc1ccc(C(OC[C@H]2O[C@@H](n3cc(C#CCN)c(=O)[nH]c3=O)CC2O)(c2ccccc2)c2ccc(C)cc2)cc1. The fraction of sp³-hybridized carbons (Fsp3) is 0.273. The minimum Gasteiger partial charge on any atom is -0.497 e. The monoisotopic (exact) mass is 567 g/mol. The lowest BCUT2D eigenvalue weighted by Crippen LogP contribution is -2.38. The number of nitrogens with zero attached hydrogens (tertiary/aromatic N) is 1. The van der Waals surface area contributed by atoms with Gasteiger partial charge in [-0.25, -0.2) is 4.79 Å². The maximum atomic E-state index is 12.6. The first-order chi connectivity index (χ1) is 20.3. The number of nitrogens with two attached hydrogens (primary N) is 1. The van der Waals surface area contributed by atoms with E-state index in [1.807, 2.05) is 85.8 Å². The maximum absolute atomic E-state index is 12.6. The number of aliphatic hydroxyl groups excluding tert-OH is 1.